The second kappa shape index (κ2) is 11.0. The van der Waals surface area contributed by atoms with Gasteiger partial charge in [0, 0.05) is 28.2 Å². The first-order valence-electron chi connectivity index (χ1n) is 10.3. The van der Waals surface area contributed by atoms with E-state index in [9.17, 15) is 29.7 Å². The number of nitrogens with zero attached hydrogens (tertiary/aromatic N) is 4. The summed E-state index contributed by atoms with van der Waals surface area (Å²) in [6, 6.07) is 4.54. The van der Waals surface area contributed by atoms with E-state index in [0.29, 0.717) is 16.2 Å². The zero-order valence-corrected chi connectivity index (χ0v) is 21.2. The average Bonchev–Trinajstić information content (AvgIpc) is 3.31. The maximum absolute atomic E-state index is 13.0. The van der Waals surface area contributed by atoms with Crippen molar-refractivity contribution < 1.29 is 29.3 Å². The van der Waals surface area contributed by atoms with E-state index in [1.807, 2.05) is 0 Å². The summed E-state index contributed by atoms with van der Waals surface area (Å²) in [5.41, 5.74) is 5.69. The Morgan fingerprint density at radius 3 is 2.76 bits per heavy atom. The molecule has 3 heterocycles. The first kappa shape index (κ1) is 26.2. The van der Waals surface area contributed by atoms with Crippen molar-refractivity contribution in [1.82, 2.24) is 15.2 Å². The van der Waals surface area contributed by atoms with Crippen LogP contribution in [0.5, 0.6) is 0 Å². The molecule has 1 fully saturated rings. The fourth-order valence-electron chi connectivity index (χ4n) is 3.52. The Labute approximate surface area is 221 Å². The van der Waals surface area contributed by atoms with Crippen LogP contribution in [0.3, 0.4) is 0 Å². The minimum atomic E-state index is -0.988. The lowest BCUT2D eigenvalue weighted by Gasteiger charge is -2.49. The highest BCUT2D eigenvalue weighted by Crippen LogP contribution is 2.44. The van der Waals surface area contributed by atoms with Gasteiger partial charge in [-0.1, -0.05) is 23.5 Å². The lowest BCUT2D eigenvalue weighted by Crippen LogP contribution is -2.71. The number of hydrogen-bond donors (Lipinski definition) is 3. The second-order valence-corrected chi connectivity index (χ2v) is 10.5. The van der Waals surface area contributed by atoms with Crippen LogP contribution in [0.1, 0.15) is 11.3 Å². The molecule has 0 radical (unpaired) electrons. The monoisotopic (exact) mass is 562 g/mol. The number of amides is 2. The van der Waals surface area contributed by atoms with Gasteiger partial charge < -0.3 is 21.0 Å². The summed E-state index contributed by atoms with van der Waals surface area (Å²) in [5.74, 6) is -1.79. The lowest BCUT2D eigenvalue weighted by atomic mass is 10.0. The minimum absolute atomic E-state index is 0.0365. The number of carbonyl (C=O) groups is 3. The van der Waals surface area contributed by atoms with Crippen molar-refractivity contribution in [3.05, 3.63) is 73.6 Å². The van der Waals surface area contributed by atoms with Crippen LogP contribution in [-0.2, 0) is 25.7 Å². The molecule has 16 heteroatoms. The van der Waals surface area contributed by atoms with Crippen molar-refractivity contribution in [3.8, 4) is 0 Å². The Bertz CT molecular complexity index is 1340. The molecule has 0 aliphatic carbocycles. The molecule has 2 aliphatic rings. The summed E-state index contributed by atoms with van der Waals surface area (Å²) >= 11 is 3.56. The zero-order chi connectivity index (χ0) is 26.7. The molecule has 4 N–H and O–H groups in total. The Balaban J connectivity index is 1.47. The van der Waals surface area contributed by atoms with Gasteiger partial charge in [0.2, 0.25) is 0 Å². The van der Waals surface area contributed by atoms with Crippen LogP contribution in [0, 0.1) is 10.1 Å². The highest BCUT2D eigenvalue weighted by Gasteiger charge is 2.54. The van der Waals surface area contributed by atoms with Crippen LogP contribution >= 0.6 is 34.9 Å². The molecule has 2 atom stereocenters. The van der Waals surface area contributed by atoms with E-state index in [-0.39, 0.29) is 28.8 Å². The lowest BCUT2D eigenvalue weighted by molar-refractivity contribution is -0.384. The van der Waals surface area contributed by atoms with Gasteiger partial charge in [0.15, 0.2) is 10.8 Å². The summed E-state index contributed by atoms with van der Waals surface area (Å²) in [4.78, 5) is 54.8. The molecule has 2 aromatic rings. The number of thiazole rings is 1. The summed E-state index contributed by atoms with van der Waals surface area (Å²) in [6.45, 7) is 3.49. The van der Waals surface area contributed by atoms with E-state index in [4.69, 9.17) is 10.5 Å². The van der Waals surface area contributed by atoms with E-state index in [1.165, 1.54) is 63.5 Å². The minimum Gasteiger partial charge on any atom is -0.456 e. The number of nitrogens with one attached hydrogen (secondary N) is 1. The van der Waals surface area contributed by atoms with Gasteiger partial charge in [0.1, 0.15) is 29.4 Å². The van der Waals surface area contributed by atoms with Gasteiger partial charge in [-0.2, -0.15) is 0 Å². The number of β-lactam (4-membered cyclic amide) rings is 1. The number of anilines is 1. The number of thioether (sulfide) groups is 2. The maximum atomic E-state index is 13.0. The average molecular weight is 563 g/mol. The number of nitrogens with two attached hydrogens (primary N) is 1. The fourth-order valence-corrected chi connectivity index (χ4v) is 6.23. The number of ether oxygens (including phenoxy) is 1. The van der Waals surface area contributed by atoms with Gasteiger partial charge in [-0.3, -0.25) is 24.6 Å². The van der Waals surface area contributed by atoms with Crippen molar-refractivity contribution in [1.29, 1.82) is 0 Å². The van der Waals surface area contributed by atoms with Crippen molar-refractivity contribution in [2.75, 3.05) is 11.5 Å². The third-order valence-corrected chi connectivity index (χ3v) is 8.16. The van der Waals surface area contributed by atoms with Gasteiger partial charge >= 0.3 is 5.97 Å². The van der Waals surface area contributed by atoms with Crippen molar-refractivity contribution in [2.45, 2.75) is 18.0 Å². The predicted octanol–water partition coefficient (Wildman–Crippen LogP) is 2.04. The van der Waals surface area contributed by atoms with Crippen LogP contribution in [0.25, 0.3) is 0 Å². The number of nitro benzene ring substituents is 1. The molecule has 0 spiro atoms. The van der Waals surface area contributed by atoms with E-state index >= 15 is 0 Å². The SMILES string of the molecule is C=CSC1=C(C(=O)OCc2ccc([N+](=O)[O-])cc2)N2C(=O)[C@@H](NC(=O)/C(=N/O)c3csc(N)n3)[C@H]2SC1. The van der Waals surface area contributed by atoms with E-state index in [2.05, 4.69) is 22.0 Å². The largest absolute Gasteiger partial charge is 0.456 e. The molecule has 2 amide bonds. The van der Waals surface area contributed by atoms with Gasteiger partial charge in [-0.25, -0.2) is 9.78 Å². The number of benzene rings is 1. The van der Waals surface area contributed by atoms with Crippen molar-refractivity contribution in [2.24, 2.45) is 5.16 Å². The maximum Gasteiger partial charge on any atom is 0.356 e. The van der Waals surface area contributed by atoms with Gasteiger partial charge in [-0.15, -0.1) is 23.1 Å². The summed E-state index contributed by atoms with van der Waals surface area (Å²) in [7, 11) is 0. The molecule has 2 aliphatic heterocycles. The Morgan fingerprint density at radius 2 is 2.16 bits per heavy atom. The normalized spacial score (nSPS) is 19.1. The summed E-state index contributed by atoms with van der Waals surface area (Å²) in [6.07, 6.45) is 0. The molecule has 192 valence electrons. The number of rotatable bonds is 9. The van der Waals surface area contributed by atoms with Crippen LogP contribution in [-0.4, -0.2) is 60.7 Å². The quantitative estimate of drug-likeness (QED) is 0.101. The topological polar surface area (TPSA) is 190 Å². The number of nitro groups is 1. The Morgan fingerprint density at radius 1 is 1.43 bits per heavy atom. The van der Waals surface area contributed by atoms with Crippen molar-refractivity contribution >= 4 is 69.2 Å². The summed E-state index contributed by atoms with van der Waals surface area (Å²) < 4.78 is 5.40. The smallest absolute Gasteiger partial charge is 0.356 e. The van der Waals surface area contributed by atoms with Crippen LogP contribution in [0.4, 0.5) is 10.8 Å². The fraction of sp³-hybridized carbons (Fsp3) is 0.190. The molecule has 4 rings (SSSR count). The number of fused-ring (bicyclic) bond motifs is 1. The molecule has 1 saturated heterocycles. The molecule has 0 unspecified atom stereocenters. The zero-order valence-electron chi connectivity index (χ0n) is 18.7. The Kier molecular flexibility index (Phi) is 7.80. The third-order valence-electron chi connectivity index (χ3n) is 5.24. The number of hydrogen-bond acceptors (Lipinski definition) is 13. The highest BCUT2D eigenvalue weighted by atomic mass is 32.2. The number of esters is 1. The standard InChI is InChI=1S/C21H18N6O7S3/c1-2-35-13-9-36-19-15(24-17(28)14(25-31)12-8-37-21(22)23-12)18(29)26(19)16(13)20(30)34-7-10-3-5-11(6-4-10)27(32)33/h2-6,8,15,19,31H,1,7,9H2,(H2,22,23)(H,24,28)/b25-14+/t15-,19-/m1/s1. The third kappa shape index (κ3) is 5.30. The van der Waals surface area contributed by atoms with Gasteiger partial charge in [0.05, 0.1) is 4.92 Å². The number of nitrogen functional groups attached to an aromatic ring is 1. The van der Waals surface area contributed by atoms with Gasteiger partial charge in [-0.05, 0) is 23.1 Å². The molecular weight excluding hydrogens is 544 g/mol. The van der Waals surface area contributed by atoms with E-state index < -0.39 is 39.8 Å². The number of carbonyl (C=O) groups excluding carboxylic acids is 3. The van der Waals surface area contributed by atoms with Gasteiger partial charge in [0.25, 0.3) is 17.5 Å². The molecular formula is C21H18N6O7S3. The molecule has 0 saturated carbocycles. The van der Waals surface area contributed by atoms with E-state index in [1.54, 1.807) is 0 Å². The molecule has 1 aromatic carbocycles. The summed E-state index contributed by atoms with van der Waals surface area (Å²) in [5, 5.41) is 28.2. The molecule has 0 bridgehead atoms. The first-order valence-corrected chi connectivity index (χ1v) is 13.2. The number of non-ortho nitro benzene ring substituents is 1. The second-order valence-electron chi connectivity index (χ2n) is 7.44. The highest BCUT2D eigenvalue weighted by molar-refractivity contribution is 8.08. The van der Waals surface area contributed by atoms with Crippen LogP contribution in [0.15, 0.2) is 57.4 Å². The molecule has 1 aromatic heterocycles. The van der Waals surface area contributed by atoms with Crippen LogP contribution < -0.4 is 11.1 Å². The van der Waals surface area contributed by atoms with Crippen molar-refractivity contribution in [3.63, 3.8) is 0 Å². The number of oxime groups is 1. The Hall–Kier alpha value is -3.89. The predicted molar refractivity (Wildman–Crippen MR) is 138 cm³/mol. The molecule has 37 heavy (non-hydrogen) atoms. The number of aromatic nitrogens is 1. The molecule has 13 nitrogen and oxygen atoms in total. The van der Waals surface area contributed by atoms with E-state index in [0.717, 1.165) is 11.3 Å². The van der Waals surface area contributed by atoms with Crippen LogP contribution in [0.2, 0.25) is 0 Å². The first-order chi connectivity index (χ1) is 17.7.